The Labute approximate surface area is 109 Å². The highest BCUT2D eigenvalue weighted by Gasteiger charge is 2.10. The Balaban J connectivity index is 2.38. The molecule has 0 saturated heterocycles. The number of hydrogen-bond donors (Lipinski definition) is 1. The van der Waals surface area contributed by atoms with Crippen LogP contribution in [0.2, 0.25) is 0 Å². The molecule has 4 nitrogen and oxygen atoms in total. The van der Waals surface area contributed by atoms with E-state index in [1.165, 1.54) is 0 Å². The summed E-state index contributed by atoms with van der Waals surface area (Å²) >= 11 is 5.35. The second kappa shape index (κ2) is 4.27. The molecule has 18 heavy (non-hydrogen) atoms. The molecule has 0 saturated carbocycles. The number of imidazole rings is 1. The number of nitrogens with zero attached hydrogens (tertiary/aromatic N) is 2. The zero-order chi connectivity index (χ0) is 12.5. The van der Waals surface area contributed by atoms with E-state index in [9.17, 15) is 0 Å². The lowest BCUT2D eigenvalue weighted by Crippen LogP contribution is -1.98. The smallest absolute Gasteiger partial charge is 0.184 e. The van der Waals surface area contributed by atoms with Gasteiger partial charge < -0.3 is 9.72 Å². The van der Waals surface area contributed by atoms with E-state index < -0.39 is 0 Å². The van der Waals surface area contributed by atoms with Gasteiger partial charge in [0.1, 0.15) is 5.75 Å². The first-order chi connectivity index (χ1) is 8.81. The summed E-state index contributed by atoms with van der Waals surface area (Å²) in [6, 6.07) is 11.6. The molecule has 0 fully saturated rings. The molecule has 0 atom stereocenters. The van der Waals surface area contributed by atoms with E-state index in [1.54, 1.807) is 13.3 Å². The van der Waals surface area contributed by atoms with Crippen LogP contribution in [0.25, 0.3) is 16.9 Å². The molecule has 1 N–H and O–H groups in total. The Morgan fingerprint density at radius 2 is 2.06 bits per heavy atom. The minimum absolute atomic E-state index is 0.605. The van der Waals surface area contributed by atoms with Gasteiger partial charge in [-0.1, -0.05) is 12.1 Å². The first-order valence-corrected chi connectivity index (χ1v) is 5.91. The maximum Gasteiger partial charge on any atom is 0.184 e. The Bertz CT molecular complexity index is 760. The van der Waals surface area contributed by atoms with Crippen LogP contribution in [0.3, 0.4) is 0 Å². The first kappa shape index (κ1) is 11.0. The van der Waals surface area contributed by atoms with Crippen molar-refractivity contribution in [2.24, 2.45) is 0 Å². The number of ether oxygens (including phenoxy) is 1. The van der Waals surface area contributed by atoms with E-state index >= 15 is 0 Å². The zero-order valence-corrected chi connectivity index (χ0v) is 10.6. The molecule has 0 aliphatic carbocycles. The molecule has 3 aromatic rings. The summed E-state index contributed by atoms with van der Waals surface area (Å²) in [5.74, 6) is 0.764. The van der Waals surface area contributed by atoms with Crippen molar-refractivity contribution < 1.29 is 4.74 Å². The molecule has 0 radical (unpaired) electrons. The van der Waals surface area contributed by atoms with Gasteiger partial charge in [-0.2, -0.15) is 0 Å². The molecule has 0 aliphatic heterocycles. The van der Waals surface area contributed by atoms with Crippen LogP contribution < -0.4 is 4.74 Å². The van der Waals surface area contributed by atoms with Gasteiger partial charge in [0.05, 0.1) is 18.3 Å². The maximum atomic E-state index is 5.36. The minimum atomic E-state index is 0.605. The molecule has 2 heterocycles. The van der Waals surface area contributed by atoms with Gasteiger partial charge in [0.25, 0.3) is 0 Å². The number of rotatable bonds is 2. The van der Waals surface area contributed by atoms with Crippen molar-refractivity contribution in [1.29, 1.82) is 0 Å². The Morgan fingerprint density at radius 1 is 1.22 bits per heavy atom. The van der Waals surface area contributed by atoms with Gasteiger partial charge in [0, 0.05) is 6.20 Å². The molecule has 5 heteroatoms. The number of para-hydroxylation sites is 2. The van der Waals surface area contributed by atoms with E-state index in [-0.39, 0.29) is 0 Å². The van der Waals surface area contributed by atoms with Crippen LogP contribution in [0.1, 0.15) is 0 Å². The van der Waals surface area contributed by atoms with Crippen molar-refractivity contribution in [3.8, 4) is 11.4 Å². The first-order valence-electron chi connectivity index (χ1n) is 5.50. The summed E-state index contributed by atoms with van der Waals surface area (Å²) in [6.45, 7) is 0. The number of benzene rings is 1. The van der Waals surface area contributed by atoms with Crippen LogP contribution in [0, 0.1) is 4.77 Å². The standard InChI is InChI=1S/C13H11N3OS/c1-17-11-7-3-2-6-10(11)16-12-9(15-13(16)18)5-4-8-14-12/h2-8H,1H3,(H,15,18). The topological polar surface area (TPSA) is 42.8 Å². The molecule has 0 unspecified atom stereocenters. The Hall–Kier alpha value is -2.14. The van der Waals surface area contributed by atoms with Gasteiger partial charge in [0.15, 0.2) is 10.4 Å². The summed E-state index contributed by atoms with van der Waals surface area (Å²) < 4.78 is 7.85. The van der Waals surface area contributed by atoms with Crippen LogP contribution in [0.4, 0.5) is 0 Å². The lowest BCUT2D eigenvalue weighted by molar-refractivity contribution is 0.413. The van der Waals surface area contributed by atoms with E-state index in [2.05, 4.69) is 9.97 Å². The van der Waals surface area contributed by atoms with Gasteiger partial charge in [-0.3, -0.25) is 4.57 Å². The van der Waals surface area contributed by atoms with Gasteiger partial charge in [0.2, 0.25) is 0 Å². The third-order valence-corrected chi connectivity index (χ3v) is 3.05. The summed E-state index contributed by atoms with van der Waals surface area (Å²) in [7, 11) is 1.64. The van der Waals surface area contributed by atoms with E-state index in [4.69, 9.17) is 17.0 Å². The largest absolute Gasteiger partial charge is 0.495 e. The number of aromatic nitrogens is 3. The molecule has 3 rings (SSSR count). The van der Waals surface area contributed by atoms with Crippen molar-refractivity contribution in [2.75, 3.05) is 7.11 Å². The minimum Gasteiger partial charge on any atom is -0.495 e. The predicted octanol–water partition coefficient (Wildman–Crippen LogP) is 3.09. The third kappa shape index (κ3) is 1.60. The van der Waals surface area contributed by atoms with E-state index in [0.717, 1.165) is 22.6 Å². The number of pyridine rings is 1. The second-order valence-electron chi connectivity index (χ2n) is 3.81. The average molecular weight is 257 g/mol. The number of H-pyrrole nitrogens is 1. The predicted molar refractivity (Wildman–Crippen MR) is 72.8 cm³/mol. The number of nitrogens with one attached hydrogen (secondary N) is 1. The molecule has 1 aromatic carbocycles. The average Bonchev–Trinajstić information content (AvgIpc) is 2.74. The highest BCUT2D eigenvalue weighted by atomic mass is 32.1. The summed E-state index contributed by atoms with van der Waals surface area (Å²) in [4.78, 5) is 7.50. The number of aromatic amines is 1. The van der Waals surface area contributed by atoms with Crippen LogP contribution in [0.15, 0.2) is 42.6 Å². The SMILES string of the molecule is COc1ccccc1-n1c(=S)[nH]c2cccnc21. The molecular weight excluding hydrogens is 246 g/mol. The molecule has 0 bridgehead atoms. The number of hydrogen-bond acceptors (Lipinski definition) is 3. The molecule has 2 aromatic heterocycles. The Morgan fingerprint density at radius 3 is 2.89 bits per heavy atom. The third-order valence-electron chi connectivity index (χ3n) is 2.77. The van der Waals surface area contributed by atoms with Crippen molar-refractivity contribution >= 4 is 23.4 Å². The van der Waals surface area contributed by atoms with Crippen LogP contribution in [-0.2, 0) is 0 Å². The summed E-state index contributed by atoms with van der Waals surface area (Å²) in [5, 5.41) is 0. The lowest BCUT2D eigenvalue weighted by atomic mass is 10.3. The molecule has 90 valence electrons. The maximum absolute atomic E-state index is 5.36. The van der Waals surface area contributed by atoms with Crippen molar-refractivity contribution in [3.05, 3.63) is 47.4 Å². The molecular formula is C13H11N3OS. The van der Waals surface area contributed by atoms with Crippen LogP contribution in [0.5, 0.6) is 5.75 Å². The number of methoxy groups -OCH3 is 1. The van der Waals surface area contributed by atoms with Gasteiger partial charge in [-0.05, 0) is 36.5 Å². The van der Waals surface area contributed by atoms with Crippen LogP contribution >= 0.6 is 12.2 Å². The van der Waals surface area contributed by atoms with Gasteiger partial charge in [-0.25, -0.2) is 4.98 Å². The van der Waals surface area contributed by atoms with Crippen molar-refractivity contribution in [2.45, 2.75) is 0 Å². The second-order valence-corrected chi connectivity index (χ2v) is 4.20. The zero-order valence-electron chi connectivity index (χ0n) is 9.75. The molecule has 0 amide bonds. The van der Waals surface area contributed by atoms with Gasteiger partial charge in [-0.15, -0.1) is 0 Å². The highest BCUT2D eigenvalue weighted by molar-refractivity contribution is 7.71. The quantitative estimate of drug-likeness (QED) is 0.717. The highest BCUT2D eigenvalue weighted by Crippen LogP contribution is 2.25. The van der Waals surface area contributed by atoms with Crippen molar-refractivity contribution in [1.82, 2.24) is 14.5 Å². The number of fused-ring (bicyclic) bond motifs is 1. The monoisotopic (exact) mass is 257 g/mol. The Kier molecular flexibility index (Phi) is 2.60. The normalized spacial score (nSPS) is 10.7. The van der Waals surface area contributed by atoms with Gasteiger partial charge >= 0.3 is 0 Å². The summed E-state index contributed by atoms with van der Waals surface area (Å²) in [6.07, 6.45) is 1.75. The van der Waals surface area contributed by atoms with Crippen LogP contribution in [-0.4, -0.2) is 21.6 Å². The molecule has 0 spiro atoms. The fraction of sp³-hybridized carbons (Fsp3) is 0.0769. The van der Waals surface area contributed by atoms with E-state index in [0.29, 0.717) is 4.77 Å². The van der Waals surface area contributed by atoms with E-state index in [1.807, 2.05) is 41.0 Å². The summed E-state index contributed by atoms with van der Waals surface area (Å²) in [5.41, 5.74) is 2.59. The lowest BCUT2D eigenvalue weighted by Gasteiger charge is -2.09. The fourth-order valence-electron chi connectivity index (χ4n) is 1.98. The van der Waals surface area contributed by atoms with Crippen molar-refractivity contribution in [3.63, 3.8) is 0 Å². The molecule has 0 aliphatic rings. The fourth-order valence-corrected chi connectivity index (χ4v) is 2.27.